The van der Waals surface area contributed by atoms with Gasteiger partial charge in [0.2, 0.25) is 0 Å². The van der Waals surface area contributed by atoms with Gasteiger partial charge in [0.15, 0.2) is 0 Å². The summed E-state index contributed by atoms with van der Waals surface area (Å²) in [5.41, 5.74) is 4.79. The Hall–Kier alpha value is -1.63. The minimum absolute atomic E-state index is 0.151. The van der Waals surface area contributed by atoms with Gasteiger partial charge in [-0.25, -0.2) is 10.4 Å². The van der Waals surface area contributed by atoms with Crippen LogP contribution in [0.2, 0.25) is 0 Å². The Labute approximate surface area is 122 Å². The van der Waals surface area contributed by atoms with Crippen LogP contribution in [0, 0.1) is 13.8 Å². The van der Waals surface area contributed by atoms with Crippen LogP contribution in [-0.4, -0.2) is 19.2 Å². The van der Waals surface area contributed by atoms with Crippen molar-refractivity contribution in [1.29, 1.82) is 0 Å². The van der Waals surface area contributed by atoms with Crippen molar-refractivity contribution in [3.8, 4) is 11.5 Å². The van der Waals surface area contributed by atoms with E-state index in [1.165, 1.54) is 0 Å². The van der Waals surface area contributed by atoms with Gasteiger partial charge < -0.3 is 9.47 Å². The van der Waals surface area contributed by atoms with Crippen LogP contribution in [0.15, 0.2) is 18.2 Å². The molecule has 20 heavy (non-hydrogen) atoms. The lowest BCUT2D eigenvalue weighted by atomic mass is 10.0. The smallest absolute Gasteiger partial charge is 0.127 e. The van der Waals surface area contributed by atoms with Gasteiger partial charge >= 0.3 is 0 Å². The first-order valence-electron chi connectivity index (χ1n) is 6.22. The molecule has 0 radical (unpaired) electrons. The van der Waals surface area contributed by atoms with Crippen molar-refractivity contribution >= 4 is 11.3 Å². The summed E-state index contributed by atoms with van der Waals surface area (Å²) < 4.78 is 10.7. The van der Waals surface area contributed by atoms with E-state index in [9.17, 15) is 0 Å². The van der Waals surface area contributed by atoms with Gasteiger partial charge in [0.1, 0.15) is 11.5 Å². The molecule has 1 heterocycles. The fourth-order valence-electron chi connectivity index (χ4n) is 2.18. The monoisotopic (exact) mass is 293 g/mol. The van der Waals surface area contributed by atoms with Crippen LogP contribution in [0.3, 0.4) is 0 Å². The van der Waals surface area contributed by atoms with E-state index in [1.54, 1.807) is 25.6 Å². The van der Waals surface area contributed by atoms with Crippen molar-refractivity contribution in [2.45, 2.75) is 19.9 Å². The second-order valence-corrected chi connectivity index (χ2v) is 5.62. The van der Waals surface area contributed by atoms with Crippen molar-refractivity contribution in [3.05, 3.63) is 39.3 Å². The third-order valence-corrected chi connectivity index (χ3v) is 4.26. The predicted octanol–water partition coefficient (Wildman–Crippen LogP) is 2.33. The fourth-order valence-corrected chi connectivity index (χ4v) is 3.19. The molecule has 1 atom stereocenters. The number of benzene rings is 1. The maximum Gasteiger partial charge on any atom is 0.127 e. The highest BCUT2D eigenvalue weighted by molar-refractivity contribution is 7.11. The standard InChI is InChI=1S/C14H19N3O2S/c1-8-14(20-9(2)16-8)13(17-15)11-6-5-10(18-3)7-12(11)19-4/h5-7,13,17H,15H2,1-4H3. The van der Waals surface area contributed by atoms with Crippen LogP contribution in [0.1, 0.15) is 27.2 Å². The van der Waals surface area contributed by atoms with Crippen LogP contribution < -0.4 is 20.7 Å². The molecule has 0 fully saturated rings. The Morgan fingerprint density at radius 3 is 2.50 bits per heavy atom. The van der Waals surface area contributed by atoms with Crippen LogP contribution in [-0.2, 0) is 0 Å². The number of nitrogens with one attached hydrogen (secondary N) is 1. The second kappa shape index (κ2) is 6.21. The summed E-state index contributed by atoms with van der Waals surface area (Å²) in [6, 6.07) is 5.55. The fraction of sp³-hybridized carbons (Fsp3) is 0.357. The van der Waals surface area contributed by atoms with E-state index in [2.05, 4.69) is 10.4 Å². The third kappa shape index (κ3) is 2.77. The van der Waals surface area contributed by atoms with E-state index in [0.29, 0.717) is 0 Å². The Balaban J connectivity index is 2.49. The summed E-state index contributed by atoms with van der Waals surface area (Å²) in [7, 11) is 3.26. The van der Waals surface area contributed by atoms with Crippen molar-refractivity contribution in [1.82, 2.24) is 10.4 Å². The number of nitrogens with zero attached hydrogens (tertiary/aromatic N) is 1. The molecular formula is C14H19N3O2S. The molecular weight excluding hydrogens is 274 g/mol. The normalized spacial score (nSPS) is 12.2. The van der Waals surface area contributed by atoms with E-state index in [4.69, 9.17) is 15.3 Å². The first-order chi connectivity index (χ1) is 9.60. The van der Waals surface area contributed by atoms with Crippen molar-refractivity contribution in [3.63, 3.8) is 0 Å². The van der Waals surface area contributed by atoms with Gasteiger partial charge in [-0.2, -0.15) is 0 Å². The highest BCUT2D eigenvalue weighted by atomic mass is 32.1. The van der Waals surface area contributed by atoms with Crippen LogP contribution in [0.4, 0.5) is 0 Å². The molecule has 0 aliphatic carbocycles. The van der Waals surface area contributed by atoms with E-state index in [-0.39, 0.29) is 6.04 Å². The number of methoxy groups -OCH3 is 2. The number of thiazole rings is 1. The van der Waals surface area contributed by atoms with E-state index < -0.39 is 0 Å². The first-order valence-corrected chi connectivity index (χ1v) is 7.04. The van der Waals surface area contributed by atoms with Gasteiger partial charge in [0, 0.05) is 11.6 Å². The van der Waals surface area contributed by atoms with Gasteiger partial charge in [-0.05, 0) is 26.0 Å². The lowest BCUT2D eigenvalue weighted by Crippen LogP contribution is -2.29. The van der Waals surface area contributed by atoms with Crippen molar-refractivity contribution in [2.24, 2.45) is 5.84 Å². The van der Waals surface area contributed by atoms with Crippen molar-refractivity contribution < 1.29 is 9.47 Å². The van der Waals surface area contributed by atoms with Crippen LogP contribution in [0.5, 0.6) is 11.5 Å². The molecule has 3 N–H and O–H groups in total. The molecule has 0 saturated heterocycles. The van der Waals surface area contributed by atoms with E-state index in [0.717, 1.165) is 32.6 Å². The number of ether oxygens (including phenoxy) is 2. The predicted molar refractivity (Wildman–Crippen MR) is 80.3 cm³/mol. The molecule has 0 amide bonds. The molecule has 6 heteroatoms. The summed E-state index contributed by atoms with van der Waals surface area (Å²) >= 11 is 1.63. The van der Waals surface area contributed by atoms with E-state index >= 15 is 0 Å². The van der Waals surface area contributed by atoms with Gasteiger partial charge in [0.25, 0.3) is 0 Å². The zero-order valence-corrected chi connectivity index (χ0v) is 12.9. The highest BCUT2D eigenvalue weighted by Crippen LogP contribution is 2.36. The molecule has 108 valence electrons. The Bertz CT molecular complexity index is 598. The minimum atomic E-state index is -0.151. The Kier molecular flexibility index (Phi) is 4.59. The summed E-state index contributed by atoms with van der Waals surface area (Å²) in [5, 5.41) is 1.02. The first kappa shape index (κ1) is 14.8. The number of hydrogen-bond acceptors (Lipinski definition) is 6. The zero-order valence-electron chi connectivity index (χ0n) is 12.1. The van der Waals surface area contributed by atoms with Gasteiger partial charge in [-0.3, -0.25) is 5.84 Å². The molecule has 0 saturated carbocycles. The lowest BCUT2D eigenvalue weighted by Gasteiger charge is -2.19. The third-order valence-electron chi connectivity index (χ3n) is 3.12. The number of hydrazine groups is 1. The molecule has 0 spiro atoms. The summed E-state index contributed by atoms with van der Waals surface area (Å²) in [4.78, 5) is 5.54. The maximum atomic E-state index is 5.75. The number of hydrogen-bond donors (Lipinski definition) is 2. The number of aromatic nitrogens is 1. The van der Waals surface area contributed by atoms with Crippen LogP contribution >= 0.6 is 11.3 Å². The summed E-state index contributed by atoms with van der Waals surface area (Å²) in [6.45, 7) is 3.97. The molecule has 0 aliphatic rings. The van der Waals surface area contributed by atoms with Gasteiger partial charge in [0.05, 0.1) is 35.8 Å². The molecule has 0 bridgehead atoms. The number of aryl methyl sites for hydroxylation is 2. The topological polar surface area (TPSA) is 69.4 Å². The molecule has 2 rings (SSSR count). The molecule has 5 nitrogen and oxygen atoms in total. The molecule has 0 aliphatic heterocycles. The quantitative estimate of drug-likeness (QED) is 0.654. The zero-order chi connectivity index (χ0) is 14.7. The largest absolute Gasteiger partial charge is 0.497 e. The molecule has 1 unspecified atom stereocenters. The van der Waals surface area contributed by atoms with Gasteiger partial charge in [-0.15, -0.1) is 11.3 Å². The summed E-state index contributed by atoms with van der Waals surface area (Å²) in [6.07, 6.45) is 0. The molecule has 1 aromatic carbocycles. The lowest BCUT2D eigenvalue weighted by molar-refractivity contribution is 0.387. The molecule has 1 aromatic heterocycles. The van der Waals surface area contributed by atoms with Crippen molar-refractivity contribution in [2.75, 3.05) is 14.2 Å². The average molecular weight is 293 g/mol. The van der Waals surface area contributed by atoms with E-state index in [1.807, 2.05) is 32.0 Å². The Morgan fingerprint density at radius 1 is 1.25 bits per heavy atom. The number of nitrogens with two attached hydrogens (primary N) is 1. The van der Waals surface area contributed by atoms with Gasteiger partial charge in [-0.1, -0.05) is 0 Å². The number of rotatable bonds is 5. The molecule has 2 aromatic rings. The highest BCUT2D eigenvalue weighted by Gasteiger charge is 2.22. The second-order valence-electron chi connectivity index (χ2n) is 4.39. The maximum absolute atomic E-state index is 5.75. The SMILES string of the molecule is COc1ccc(C(NN)c2sc(C)nc2C)c(OC)c1. The van der Waals surface area contributed by atoms with Crippen LogP contribution in [0.25, 0.3) is 0 Å². The average Bonchev–Trinajstić information content (AvgIpc) is 2.79. The Morgan fingerprint density at radius 2 is 2.00 bits per heavy atom. The summed E-state index contributed by atoms with van der Waals surface area (Å²) in [5.74, 6) is 7.23. The minimum Gasteiger partial charge on any atom is -0.497 e.